The molecule has 18 heteroatoms. The quantitative estimate of drug-likeness (QED) is 0.0825. The summed E-state index contributed by atoms with van der Waals surface area (Å²) in [6, 6.07) is 10.4. The number of carbonyl (C=O) groups excluding carboxylic acids is 2. The third kappa shape index (κ3) is 13.5. The Morgan fingerprint density at radius 2 is 0.929 bits per heavy atom. The third-order valence-corrected chi connectivity index (χ3v) is 9.91. The Morgan fingerprint density at radius 3 is 1.18 bits per heavy atom. The normalized spacial score (nSPS) is 10.8. The van der Waals surface area contributed by atoms with Crippen LogP contribution in [0.15, 0.2) is 36.4 Å². The SMILES string of the molecule is CCN(CC)CCOc1nn(-c2ccc(Cl)c(Cl)c2)c(C)c1C(C)=O.CCN(CC)CCOc1nn(-c2ccc(Cl)c(Cl)c2)c(C)c1C(C)=O.O=C(O)C(=O)O. The minimum absolute atomic E-state index is 0.0818. The number of hydrogen-bond acceptors (Lipinski definition) is 10. The van der Waals surface area contributed by atoms with E-state index in [1.54, 1.807) is 45.8 Å². The predicted molar refractivity (Wildman–Crippen MR) is 218 cm³/mol. The van der Waals surface area contributed by atoms with Gasteiger partial charge in [-0.2, -0.15) is 0 Å². The first-order valence-electron chi connectivity index (χ1n) is 17.7. The molecule has 4 aromatic rings. The van der Waals surface area contributed by atoms with E-state index in [-0.39, 0.29) is 11.6 Å². The molecule has 0 radical (unpaired) electrons. The summed E-state index contributed by atoms with van der Waals surface area (Å²) < 4.78 is 14.9. The minimum Gasteiger partial charge on any atom is -0.475 e. The van der Waals surface area contributed by atoms with Crippen molar-refractivity contribution in [1.29, 1.82) is 0 Å². The Hall–Kier alpha value is -4.18. The number of hydrogen-bond donors (Lipinski definition) is 2. The Labute approximate surface area is 346 Å². The first kappa shape index (κ1) is 48.0. The van der Waals surface area contributed by atoms with Crippen molar-refractivity contribution in [2.45, 2.75) is 55.4 Å². The molecule has 0 bridgehead atoms. The molecule has 0 aliphatic rings. The maximum Gasteiger partial charge on any atom is 0.414 e. The zero-order valence-electron chi connectivity index (χ0n) is 32.7. The predicted octanol–water partition coefficient (Wildman–Crippen LogP) is 7.98. The van der Waals surface area contributed by atoms with Crippen molar-refractivity contribution in [2.24, 2.45) is 0 Å². The molecule has 14 nitrogen and oxygen atoms in total. The van der Waals surface area contributed by atoms with Gasteiger partial charge >= 0.3 is 11.9 Å². The molecule has 0 fully saturated rings. The van der Waals surface area contributed by atoms with Gasteiger partial charge in [-0.15, -0.1) is 10.2 Å². The van der Waals surface area contributed by atoms with Gasteiger partial charge in [0.05, 0.1) is 42.9 Å². The summed E-state index contributed by atoms with van der Waals surface area (Å²) in [6.07, 6.45) is 0. The molecule has 0 saturated carbocycles. The van der Waals surface area contributed by atoms with Crippen LogP contribution in [0.5, 0.6) is 11.8 Å². The highest BCUT2D eigenvalue weighted by Crippen LogP contribution is 2.30. The smallest absolute Gasteiger partial charge is 0.414 e. The Balaban J connectivity index is 0.000000338. The Bertz CT molecular complexity index is 1840. The topological polar surface area (TPSA) is 169 Å². The van der Waals surface area contributed by atoms with E-state index in [1.165, 1.54) is 13.8 Å². The van der Waals surface area contributed by atoms with E-state index in [9.17, 15) is 9.59 Å². The fraction of sp³-hybridized carbons (Fsp3) is 0.421. The van der Waals surface area contributed by atoms with Crippen LogP contribution in [0.3, 0.4) is 0 Å². The number of aliphatic carboxylic acids is 2. The zero-order valence-corrected chi connectivity index (χ0v) is 35.7. The molecular weight excluding hydrogens is 810 g/mol. The van der Waals surface area contributed by atoms with E-state index in [0.29, 0.717) is 67.6 Å². The van der Waals surface area contributed by atoms with Gasteiger partial charge < -0.3 is 29.5 Å². The number of benzene rings is 2. The second-order valence-corrected chi connectivity index (χ2v) is 13.7. The number of rotatable bonds is 16. The summed E-state index contributed by atoms with van der Waals surface area (Å²) in [6.45, 7) is 21.4. The van der Waals surface area contributed by atoms with Crippen molar-refractivity contribution in [1.82, 2.24) is 29.4 Å². The van der Waals surface area contributed by atoms with Gasteiger partial charge in [0.1, 0.15) is 24.3 Å². The summed E-state index contributed by atoms with van der Waals surface area (Å²) in [7, 11) is 0. The van der Waals surface area contributed by atoms with E-state index in [0.717, 1.165) is 50.6 Å². The van der Waals surface area contributed by atoms with Crippen molar-refractivity contribution >= 4 is 69.9 Å². The van der Waals surface area contributed by atoms with Gasteiger partial charge in [-0.1, -0.05) is 74.1 Å². The van der Waals surface area contributed by atoms with Crippen LogP contribution in [0.25, 0.3) is 11.4 Å². The number of Topliss-reactive ketones (excluding diaryl/α,β-unsaturated/α-hetero) is 2. The number of carboxylic acids is 2. The van der Waals surface area contributed by atoms with Gasteiger partial charge in [0.15, 0.2) is 11.6 Å². The highest BCUT2D eigenvalue weighted by atomic mass is 35.5. The third-order valence-electron chi connectivity index (χ3n) is 8.43. The molecule has 4 rings (SSSR count). The largest absolute Gasteiger partial charge is 0.475 e. The van der Waals surface area contributed by atoms with Crippen molar-refractivity contribution in [3.05, 3.63) is 79.0 Å². The van der Waals surface area contributed by atoms with Crippen LogP contribution in [0.2, 0.25) is 20.1 Å². The van der Waals surface area contributed by atoms with Crippen molar-refractivity contribution in [3.8, 4) is 23.1 Å². The molecule has 2 aromatic carbocycles. The van der Waals surface area contributed by atoms with Crippen LogP contribution >= 0.6 is 46.4 Å². The summed E-state index contributed by atoms with van der Waals surface area (Å²) >= 11 is 24.1. The molecule has 0 saturated heterocycles. The van der Waals surface area contributed by atoms with Crippen molar-refractivity contribution in [3.63, 3.8) is 0 Å². The van der Waals surface area contributed by atoms with Crippen LogP contribution < -0.4 is 9.47 Å². The highest BCUT2D eigenvalue weighted by molar-refractivity contribution is 6.42. The molecule has 0 aliphatic heterocycles. The fourth-order valence-corrected chi connectivity index (χ4v) is 5.91. The van der Waals surface area contributed by atoms with Gasteiger partial charge in [-0.05, 0) is 90.3 Å². The second-order valence-electron chi connectivity index (χ2n) is 12.0. The standard InChI is InChI=1S/2C18H23Cl2N3O2.C2H2O4/c2*1-5-22(6-2)9-10-25-18-17(13(4)24)12(3)23(21-18)14-7-8-15(19)16(20)11-14;3-1(4)2(5)6/h2*7-8,11H,5-6,9-10H2,1-4H3;(H,3,4)(H,5,6). The van der Waals surface area contributed by atoms with E-state index in [1.807, 2.05) is 13.8 Å². The van der Waals surface area contributed by atoms with Gasteiger partial charge in [0.2, 0.25) is 11.8 Å². The Morgan fingerprint density at radius 1 is 0.607 bits per heavy atom. The van der Waals surface area contributed by atoms with E-state index in [4.69, 9.17) is 75.7 Å². The number of carbonyl (C=O) groups is 4. The molecule has 2 aromatic heterocycles. The number of ether oxygens (including phenoxy) is 2. The lowest BCUT2D eigenvalue weighted by Gasteiger charge is -2.17. The number of carboxylic acid groups (broad SMARTS) is 2. The summed E-state index contributed by atoms with van der Waals surface area (Å²) in [5, 5.41) is 25.5. The molecule has 0 atom stereocenters. The number of halogens is 4. The van der Waals surface area contributed by atoms with E-state index >= 15 is 0 Å². The molecular formula is C38H48Cl4N6O8. The molecule has 0 aliphatic carbocycles. The maximum atomic E-state index is 12.1. The van der Waals surface area contributed by atoms with Crippen LogP contribution in [0.4, 0.5) is 0 Å². The lowest BCUT2D eigenvalue weighted by Crippen LogP contribution is -2.28. The van der Waals surface area contributed by atoms with Crippen molar-refractivity contribution in [2.75, 3.05) is 52.5 Å². The summed E-state index contributed by atoms with van der Waals surface area (Å²) in [4.78, 5) is 46.8. The maximum absolute atomic E-state index is 12.1. The van der Waals surface area contributed by atoms with Crippen molar-refractivity contribution < 1.29 is 38.9 Å². The molecule has 0 spiro atoms. The lowest BCUT2D eigenvalue weighted by atomic mass is 10.2. The van der Waals surface area contributed by atoms with Gasteiger partial charge in [0.25, 0.3) is 0 Å². The van der Waals surface area contributed by atoms with E-state index in [2.05, 4.69) is 47.7 Å². The van der Waals surface area contributed by atoms with Gasteiger partial charge in [-0.3, -0.25) is 9.59 Å². The average Bonchev–Trinajstić information content (AvgIpc) is 3.67. The first-order valence-corrected chi connectivity index (χ1v) is 19.2. The zero-order chi connectivity index (χ0) is 42.3. The lowest BCUT2D eigenvalue weighted by molar-refractivity contribution is -0.159. The number of ketones is 2. The number of aromatic nitrogens is 4. The van der Waals surface area contributed by atoms with Crippen LogP contribution in [-0.4, -0.2) is 116 Å². The average molecular weight is 859 g/mol. The molecule has 0 unspecified atom stereocenters. The van der Waals surface area contributed by atoms with Crippen LogP contribution in [0.1, 0.15) is 73.6 Å². The number of likely N-dealkylation sites (N-methyl/N-ethyl adjacent to an activating group) is 2. The Kier molecular flexibility index (Phi) is 19.8. The molecule has 306 valence electrons. The first-order chi connectivity index (χ1) is 26.4. The molecule has 0 amide bonds. The molecule has 56 heavy (non-hydrogen) atoms. The second kappa shape index (κ2) is 23.1. The fourth-order valence-electron chi connectivity index (χ4n) is 5.32. The monoisotopic (exact) mass is 856 g/mol. The minimum atomic E-state index is -1.82. The van der Waals surface area contributed by atoms with Crippen LogP contribution in [-0.2, 0) is 9.59 Å². The molecule has 2 heterocycles. The summed E-state index contributed by atoms with van der Waals surface area (Å²) in [5.41, 5.74) is 3.87. The van der Waals surface area contributed by atoms with Gasteiger partial charge in [0, 0.05) is 13.1 Å². The number of nitrogens with zero attached hydrogens (tertiary/aromatic N) is 6. The van der Waals surface area contributed by atoms with Crippen LogP contribution in [0, 0.1) is 13.8 Å². The summed E-state index contributed by atoms with van der Waals surface area (Å²) in [5.74, 6) is -3.11. The highest BCUT2D eigenvalue weighted by Gasteiger charge is 2.23. The molecule has 2 N–H and O–H groups in total. The van der Waals surface area contributed by atoms with Gasteiger partial charge in [-0.25, -0.2) is 19.0 Å². The van der Waals surface area contributed by atoms with E-state index < -0.39 is 11.9 Å².